The van der Waals surface area contributed by atoms with Crippen molar-refractivity contribution in [2.45, 2.75) is 32.4 Å². The first-order valence-corrected chi connectivity index (χ1v) is 8.98. The number of likely N-dealkylation sites (tertiary alicyclic amines) is 1. The maximum absolute atomic E-state index is 5.57. The van der Waals surface area contributed by atoms with Crippen molar-refractivity contribution in [1.82, 2.24) is 20.5 Å². The average molecular weight is 341 g/mol. The van der Waals surface area contributed by atoms with Gasteiger partial charge in [-0.3, -0.25) is 9.89 Å². The minimum atomic E-state index is 0.582. The predicted octanol–water partition coefficient (Wildman–Crippen LogP) is 2.49. The highest BCUT2D eigenvalue weighted by atomic mass is 16.3. The number of hydrogen-bond acceptors (Lipinski definition) is 4. The van der Waals surface area contributed by atoms with Crippen molar-refractivity contribution < 1.29 is 4.42 Å². The van der Waals surface area contributed by atoms with E-state index in [9.17, 15) is 0 Å². The van der Waals surface area contributed by atoms with E-state index in [1.54, 1.807) is 13.3 Å². The van der Waals surface area contributed by atoms with Gasteiger partial charge in [0.15, 0.2) is 5.96 Å². The van der Waals surface area contributed by atoms with E-state index in [-0.39, 0.29) is 0 Å². The molecule has 1 aliphatic heterocycles. The Balaban J connectivity index is 1.49. The fraction of sp³-hybridized carbons (Fsp3) is 0.474. The molecule has 1 aliphatic rings. The Hall–Kier alpha value is -2.34. The predicted molar refractivity (Wildman–Crippen MR) is 100 cm³/mol. The molecule has 0 radical (unpaired) electrons. The van der Waals surface area contributed by atoms with Gasteiger partial charge in [-0.1, -0.05) is 25.1 Å². The summed E-state index contributed by atoms with van der Waals surface area (Å²) in [5.41, 5.74) is 1.84. The summed E-state index contributed by atoms with van der Waals surface area (Å²) >= 11 is 0. The summed E-state index contributed by atoms with van der Waals surface area (Å²) in [6, 6.07) is 10.5. The molecule has 1 unspecified atom stereocenters. The molecule has 0 amide bonds. The summed E-state index contributed by atoms with van der Waals surface area (Å²) in [5.74, 6) is 1.44. The zero-order valence-electron chi connectivity index (χ0n) is 15.0. The number of aliphatic imine (C=N–C) groups is 1. The second-order valence-corrected chi connectivity index (χ2v) is 6.24. The number of likely N-dealkylation sites (N-methyl/N-ethyl adjacent to an activating group) is 1. The second-order valence-electron chi connectivity index (χ2n) is 6.24. The van der Waals surface area contributed by atoms with Crippen molar-refractivity contribution in [2.24, 2.45) is 4.99 Å². The van der Waals surface area contributed by atoms with Gasteiger partial charge in [-0.25, -0.2) is 4.98 Å². The lowest BCUT2D eigenvalue weighted by Gasteiger charge is -2.23. The number of oxazole rings is 1. The molecule has 3 rings (SSSR count). The number of nitrogens with one attached hydrogen (secondary N) is 2. The second kappa shape index (κ2) is 8.67. The van der Waals surface area contributed by atoms with Gasteiger partial charge in [0, 0.05) is 25.2 Å². The van der Waals surface area contributed by atoms with Crippen LogP contribution in [0.3, 0.4) is 0 Å². The molecule has 1 aromatic carbocycles. The highest BCUT2D eigenvalue weighted by molar-refractivity contribution is 5.79. The minimum absolute atomic E-state index is 0.582. The summed E-state index contributed by atoms with van der Waals surface area (Å²) < 4.78 is 5.57. The monoisotopic (exact) mass is 341 g/mol. The van der Waals surface area contributed by atoms with Crippen LogP contribution in [0.15, 0.2) is 46.0 Å². The van der Waals surface area contributed by atoms with Crippen LogP contribution in [0.5, 0.6) is 0 Å². The lowest BCUT2D eigenvalue weighted by molar-refractivity contribution is 0.267. The molecule has 1 saturated heterocycles. The number of rotatable bonds is 6. The summed E-state index contributed by atoms with van der Waals surface area (Å²) in [7, 11) is 1.79. The molecule has 0 saturated carbocycles. The largest absolute Gasteiger partial charge is 0.444 e. The molecule has 25 heavy (non-hydrogen) atoms. The van der Waals surface area contributed by atoms with Crippen LogP contribution in [0.1, 0.15) is 25.5 Å². The van der Waals surface area contributed by atoms with Crippen molar-refractivity contribution in [3.63, 3.8) is 0 Å². The van der Waals surface area contributed by atoms with E-state index in [2.05, 4.69) is 32.4 Å². The van der Waals surface area contributed by atoms with Crippen molar-refractivity contribution in [3.05, 3.63) is 42.3 Å². The van der Waals surface area contributed by atoms with Crippen molar-refractivity contribution in [3.8, 4) is 11.5 Å². The van der Waals surface area contributed by atoms with Gasteiger partial charge in [-0.05, 0) is 38.1 Å². The molecular formula is C19H27N5O. The normalized spacial score (nSPS) is 18.5. The fourth-order valence-electron chi connectivity index (χ4n) is 3.25. The van der Waals surface area contributed by atoms with Crippen LogP contribution in [0, 0.1) is 0 Å². The highest BCUT2D eigenvalue weighted by Crippen LogP contribution is 2.18. The third kappa shape index (κ3) is 4.60. The van der Waals surface area contributed by atoms with Crippen LogP contribution in [0.25, 0.3) is 11.5 Å². The highest BCUT2D eigenvalue weighted by Gasteiger charge is 2.22. The number of benzene rings is 1. The Bertz CT molecular complexity index is 682. The van der Waals surface area contributed by atoms with Crippen molar-refractivity contribution in [2.75, 3.05) is 26.7 Å². The first-order valence-electron chi connectivity index (χ1n) is 8.98. The minimum Gasteiger partial charge on any atom is -0.444 e. The Kier molecular flexibility index (Phi) is 6.06. The van der Waals surface area contributed by atoms with Crippen LogP contribution in [0.2, 0.25) is 0 Å². The summed E-state index contributed by atoms with van der Waals surface area (Å²) in [5, 5.41) is 6.73. The lowest BCUT2D eigenvalue weighted by Crippen LogP contribution is -2.44. The Labute approximate surface area is 149 Å². The van der Waals surface area contributed by atoms with Gasteiger partial charge in [0.2, 0.25) is 5.89 Å². The van der Waals surface area contributed by atoms with E-state index in [0.717, 1.165) is 30.3 Å². The van der Waals surface area contributed by atoms with Crippen molar-refractivity contribution in [1.29, 1.82) is 0 Å². The molecule has 0 bridgehead atoms. The zero-order chi connectivity index (χ0) is 17.5. The number of aromatic nitrogens is 1. The van der Waals surface area contributed by atoms with Gasteiger partial charge < -0.3 is 15.1 Å². The van der Waals surface area contributed by atoms with Gasteiger partial charge in [0.1, 0.15) is 6.26 Å². The standard InChI is InChI=1S/C19H27N5O/c1-3-24-11-7-10-17(24)13-22-19(20-2)21-12-16-14-25-18(23-16)15-8-5-4-6-9-15/h4-6,8-9,14,17H,3,7,10-13H2,1-2H3,(H2,20,21,22). The Morgan fingerprint density at radius 1 is 1.32 bits per heavy atom. The lowest BCUT2D eigenvalue weighted by atomic mass is 10.2. The molecular weight excluding hydrogens is 314 g/mol. The summed E-state index contributed by atoms with van der Waals surface area (Å²) in [4.78, 5) is 11.3. The molecule has 0 aliphatic carbocycles. The first kappa shape index (κ1) is 17.5. The quantitative estimate of drug-likeness (QED) is 0.624. The maximum atomic E-state index is 5.57. The van der Waals surface area contributed by atoms with E-state index in [0.29, 0.717) is 18.5 Å². The van der Waals surface area contributed by atoms with E-state index in [4.69, 9.17) is 4.42 Å². The van der Waals surface area contributed by atoms with Gasteiger partial charge in [0.05, 0.1) is 12.2 Å². The zero-order valence-corrected chi connectivity index (χ0v) is 15.0. The Morgan fingerprint density at radius 2 is 2.16 bits per heavy atom. The fourth-order valence-corrected chi connectivity index (χ4v) is 3.25. The molecule has 1 atom stereocenters. The van der Waals surface area contributed by atoms with E-state index in [1.165, 1.54) is 19.4 Å². The van der Waals surface area contributed by atoms with Crippen LogP contribution in [-0.2, 0) is 6.54 Å². The van der Waals surface area contributed by atoms with E-state index >= 15 is 0 Å². The first-order chi connectivity index (χ1) is 12.3. The summed E-state index contributed by atoms with van der Waals surface area (Å²) in [6.07, 6.45) is 4.23. The number of hydrogen-bond donors (Lipinski definition) is 2. The molecule has 0 spiro atoms. The van der Waals surface area contributed by atoms with Crippen LogP contribution >= 0.6 is 0 Å². The van der Waals surface area contributed by atoms with Gasteiger partial charge in [-0.2, -0.15) is 0 Å². The molecule has 6 heteroatoms. The molecule has 1 aromatic heterocycles. The molecule has 2 heterocycles. The molecule has 2 N–H and O–H groups in total. The van der Waals surface area contributed by atoms with Gasteiger partial charge in [-0.15, -0.1) is 0 Å². The van der Waals surface area contributed by atoms with Crippen LogP contribution in [0.4, 0.5) is 0 Å². The van der Waals surface area contributed by atoms with E-state index < -0.39 is 0 Å². The SMILES string of the molecule is CCN1CCCC1CNC(=NC)NCc1coc(-c2ccccc2)n1. The van der Waals surface area contributed by atoms with Gasteiger partial charge in [0.25, 0.3) is 0 Å². The molecule has 134 valence electrons. The molecule has 6 nitrogen and oxygen atoms in total. The molecule has 2 aromatic rings. The maximum Gasteiger partial charge on any atom is 0.226 e. The summed E-state index contributed by atoms with van der Waals surface area (Å²) in [6.45, 7) is 6.04. The smallest absolute Gasteiger partial charge is 0.226 e. The Morgan fingerprint density at radius 3 is 2.92 bits per heavy atom. The van der Waals surface area contributed by atoms with Crippen molar-refractivity contribution >= 4 is 5.96 Å². The number of guanidine groups is 1. The van der Waals surface area contributed by atoms with Crippen LogP contribution < -0.4 is 10.6 Å². The number of nitrogens with zero attached hydrogens (tertiary/aromatic N) is 3. The molecule has 1 fully saturated rings. The van der Waals surface area contributed by atoms with Crippen LogP contribution in [-0.4, -0.2) is 48.6 Å². The third-order valence-electron chi connectivity index (χ3n) is 4.64. The third-order valence-corrected chi connectivity index (χ3v) is 4.64. The van der Waals surface area contributed by atoms with E-state index in [1.807, 2.05) is 30.3 Å². The topological polar surface area (TPSA) is 65.7 Å². The average Bonchev–Trinajstić information content (AvgIpc) is 3.31. The van der Waals surface area contributed by atoms with Gasteiger partial charge >= 0.3 is 0 Å².